The van der Waals surface area contributed by atoms with Crippen LogP contribution in [0.15, 0.2) is 24.3 Å². The molecule has 3 amide bonds. The van der Waals surface area contributed by atoms with Gasteiger partial charge in [-0.25, -0.2) is 4.79 Å². The number of hydrogen-bond acceptors (Lipinski definition) is 3. The number of carbonyl (C=O) groups excluding carboxylic acids is 2. The lowest BCUT2D eigenvalue weighted by molar-refractivity contribution is -0.116. The van der Waals surface area contributed by atoms with Gasteiger partial charge in [-0.05, 0) is 38.8 Å². The Bertz CT molecular complexity index is 556. The lowest BCUT2D eigenvalue weighted by Gasteiger charge is -2.24. The number of rotatable bonds is 7. The highest BCUT2D eigenvalue weighted by atomic mass is 16.5. The first-order valence-corrected chi connectivity index (χ1v) is 8.05. The smallest absolute Gasteiger partial charge is 0.315 e. The zero-order valence-electron chi connectivity index (χ0n) is 14.0. The average molecular weight is 319 g/mol. The van der Waals surface area contributed by atoms with Crippen molar-refractivity contribution >= 4 is 17.6 Å². The predicted molar refractivity (Wildman–Crippen MR) is 89.8 cm³/mol. The summed E-state index contributed by atoms with van der Waals surface area (Å²) in [4.78, 5) is 25.3. The van der Waals surface area contributed by atoms with Crippen molar-refractivity contribution in [2.75, 3.05) is 18.0 Å². The molecule has 1 aromatic carbocycles. The van der Waals surface area contributed by atoms with Crippen molar-refractivity contribution in [2.45, 2.75) is 45.8 Å². The summed E-state index contributed by atoms with van der Waals surface area (Å²) in [6.45, 7) is 6.17. The highest BCUT2D eigenvalue weighted by molar-refractivity contribution is 5.93. The average Bonchev–Trinajstić information content (AvgIpc) is 3.27. The summed E-state index contributed by atoms with van der Waals surface area (Å²) >= 11 is 0. The molecule has 2 N–H and O–H groups in total. The molecule has 23 heavy (non-hydrogen) atoms. The van der Waals surface area contributed by atoms with Crippen LogP contribution < -0.4 is 20.3 Å². The number of urea groups is 1. The molecule has 0 aromatic heterocycles. The molecular formula is C17H25N3O3. The van der Waals surface area contributed by atoms with Crippen molar-refractivity contribution < 1.29 is 14.3 Å². The molecule has 1 saturated carbocycles. The van der Waals surface area contributed by atoms with E-state index in [1.807, 2.05) is 38.1 Å². The Kier molecular flexibility index (Phi) is 5.84. The molecular weight excluding hydrogens is 294 g/mol. The second-order valence-corrected chi connectivity index (χ2v) is 5.98. The number of amides is 3. The molecule has 1 aromatic rings. The maximum atomic E-state index is 12.0. The molecule has 0 heterocycles. The van der Waals surface area contributed by atoms with Gasteiger partial charge in [0.25, 0.3) is 0 Å². The van der Waals surface area contributed by atoms with E-state index in [0.717, 1.165) is 18.5 Å². The topological polar surface area (TPSA) is 70.7 Å². The Morgan fingerprint density at radius 1 is 1.30 bits per heavy atom. The van der Waals surface area contributed by atoms with Crippen molar-refractivity contribution in [2.24, 2.45) is 0 Å². The first-order chi connectivity index (χ1) is 11.0. The summed E-state index contributed by atoms with van der Waals surface area (Å²) in [6.07, 6.45) is 2.12. The van der Waals surface area contributed by atoms with Crippen LogP contribution in [0.2, 0.25) is 0 Å². The standard InChI is InChI=1S/C17H25N3O3/c1-12(2)23-16-7-5-4-6-15(16)20(13(3)21)11-10-18-17(22)19-14-8-9-14/h4-7,12,14H,8-11H2,1-3H3,(H2,18,19,22). The molecule has 1 aliphatic rings. The Hall–Kier alpha value is -2.24. The van der Waals surface area contributed by atoms with Crippen LogP contribution >= 0.6 is 0 Å². The van der Waals surface area contributed by atoms with E-state index in [-0.39, 0.29) is 18.0 Å². The maximum absolute atomic E-state index is 12.0. The number of nitrogens with one attached hydrogen (secondary N) is 2. The Morgan fingerprint density at radius 3 is 2.61 bits per heavy atom. The van der Waals surface area contributed by atoms with Crippen molar-refractivity contribution in [3.05, 3.63) is 24.3 Å². The van der Waals surface area contributed by atoms with Crippen LogP contribution in [0.1, 0.15) is 33.6 Å². The van der Waals surface area contributed by atoms with Gasteiger partial charge in [0.2, 0.25) is 5.91 Å². The highest BCUT2D eigenvalue weighted by Crippen LogP contribution is 2.28. The molecule has 0 radical (unpaired) electrons. The van der Waals surface area contributed by atoms with Crippen molar-refractivity contribution in [3.8, 4) is 5.75 Å². The van der Waals surface area contributed by atoms with Gasteiger partial charge in [0.05, 0.1) is 11.8 Å². The third-order valence-electron chi connectivity index (χ3n) is 3.43. The van der Waals surface area contributed by atoms with Gasteiger partial charge in [-0.1, -0.05) is 12.1 Å². The van der Waals surface area contributed by atoms with Gasteiger partial charge in [-0.15, -0.1) is 0 Å². The fraction of sp³-hybridized carbons (Fsp3) is 0.529. The van der Waals surface area contributed by atoms with Crippen LogP contribution in [0, 0.1) is 0 Å². The van der Waals surface area contributed by atoms with Gasteiger partial charge in [0.15, 0.2) is 0 Å². The van der Waals surface area contributed by atoms with Crippen LogP contribution in [0.5, 0.6) is 5.75 Å². The van der Waals surface area contributed by atoms with E-state index in [2.05, 4.69) is 10.6 Å². The van der Waals surface area contributed by atoms with Crippen LogP contribution in [-0.2, 0) is 4.79 Å². The number of carbonyl (C=O) groups is 2. The molecule has 126 valence electrons. The molecule has 0 spiro atoms. The van der Waals surface area contributed by atoms with Gasteiger partial charge in [-0.3, -0.25) is 4.79 Å². The summed E-state index contributed by atoms with van der Waals surface area (Å²) < 4.78 is 5.77. The minimum Gasteiger partial charge on any atom is -0.489 e. The second kappa shape index (κ2) is 7.85. The molecule has 1 fully saturated rings. The molecule has 2 rings (SSSR count). The van der Waals surface area contributed by atoms with Gasteiger partial charge in [-0.2, -0.15) is 0 Å². The zero-order valence-corrected chi connectivity index (χ0v) is 14.0. The Labute approximate surface area is 137 Å². The second-order valence-electron chi connectivity index (χ2n) is 5.98. The quantitative estimate of drug-likeness (QED) is 0.810. The van der Waals surface area contributed by atoms with E-state index >= 15 is 0 Å². The summed E-state index contributed by atoms with van der Waals surface area (Å²) in [6, 6.07) is 7.58. The predicted octanol–water partition coefficient (Wildman–Crippen LogP) is 2.29. The SMILES string of the molecule is CC(=O)N(CCNC(=O)NC1CC1)c1ccccc1OC(C)C. The maximum Gasteiger partial charge on any atom is 0.315 e. The normalized spacial score (nSPS) is 13.6. The van der Waals surface area contributed by atoms with Crippen molar-refractivity contribution in [1.82, 2.24) is 10.6 Å². The van der Waals surface area contributed by atoms with Gasteiger partial charge in [0, 0.05) is 26.1 Å². The van der Waals surface area contributed by atoms with E-state index in [1.54, 1.807) is 4.90 Å². The number of ether oxygens (including phenoxy) is 1. The number of anilines is 1. The van der Waals surface area contributed by atoms with Gasteiger partial charge in [0.1, 0.15) is 5.75 Å². The monoisotopic (exact) mass is 319 g/mol. The highest BCUT2D eigenvalue weighted by Gasteiger charge is 2.23. The van der Waals surface area contributed by atoms with E-state index < -0.39 is 0 Å². The molecule has 0 unspecified atom stereocenters. The summed E-state index contributed by atoms with van der Waals surface area (Å²) in [5.74, 6) is 0.578. The number of nitrogens with zero attached hydrogens (tertiary/aromatic N) is 1. The minimum atomic E-state index is -0.178. The molecule has 6 nitrogen and oxygen atoms in total. The fourth-order valence-corrected chi connectivity index (χ4v) is 2.23. The summed E-state index contributed by atoms with van der Waals surface area (Å²) in [7, 11) is 0. The Morgan fingerprint density at radius 2 is 2.00 bits per heavy atom. The Balaban J connectivity index is 1.97. The number of hydrogen-bond donors (Lipinski definition) is 2. The largest absolute Gasteiger partial charge is 0.489 e. The summed E-state index contributed by atoms with van der Waals surface area (Å²) in [5.41, 5.74) is 0.720. The van der Waals surface area contributed by atoms with Crippen LogP contribution in [0.4, 0.5) is 10.5 Å². The molecule has 1 aliphatic carbocycles. The van der Waals surface area contributed by atoms with E-state index in [0.29, 0.717) is 24.9 Å². The fourth-order valence-electron chi connectivity index (χ4n) is 2.23. The van der Waals surface area contributed by atoms with Crippen LogP contribution in [0.3, 0.4) is 0 Å². The van der Waals surface area contributed by atoms with Gasteiger partial charge < -0.3 is 20.3 Å². The number of para-hydroxylation sites is 2. The molecule has 0 aliphatic heterocycles. The van der Waals surface area contributed by atoms with Crippen LogP contribution in [0.25, 0.3) is 0 Å². The third-order valence-corrected chi connectivity index (χ3v) is 3.43. The van der Waals surface area contributed by atoms with Crippen molar-refractivity contribution in [3.63, 3.8) is 0 Å². The van der Waals surface area contributed by atoms with Crippen molar-refractivity contribution in [1.29, 1.82) is 0 Å². The molecule has 0 atom stereocenters. The summed E-state index contributed by atoms with van der Waals surface area (Å²) in [5, 5.41) is 5.64. The first-order valence-electron chi connectivity index (χ1n) is 8.05. The molecule has 0 bridgehead atoms. The molecule has 0 saturated heterocycles. The van der Waals surface area contributed by atoms with E-state index in [1.165, 1.54) is 6.92 Å². The van der Waals surface area contributed by atoms with Gasteiger partial charge >= 0.3 is 6.03 Å². The number of benzene rings is 1. The lowest BCUT2D eigenvalue weighted by Crippen LogP contribution is -2.42. The minimum absolute atomic E-state index is 0.0207. The molecule has 6 heteroatoms. The third kappa shape index (κ3) is 5.47. The van der Waals surface area contributed by atoms with E-state index in [9.17, 15) is 9.59 Å². The zero-order chi connectivity index (χ0) is 16.8. The van der Waals surface area contributed by atoms with Crippen LogP contribution in [-0.4, -0.2) is 37.2 Å². The first kappa shape index (κ1) is 17.1. The van der Waals surface area contributed by atoms with E-state index in [4.69, 9.17) is 4.74 Å². The lowest BCUT2D eigenvalue weighted by atomic mass is 10.2.